The first kappa shape index (κ1) is 31.3. The molecule has 244 valence electrons. The van der Waals surface area contributed by atoms with E-state index in [4.69, 9.17) is 37.4 Å². The molecule has 2 aromatic heterocycles. The summed E-state index contributed by atoms with van der Waals surface area (Å²) >= 11 is 12.8. The predicted octanol–water partition coefficient (Wildman–Crippen LogP) is 5.30. The smallest absolute Gasteiger partial charge is 0.347 e. The van der Waals surface area contributed by atoms with Gasteiger partial charge in [-0.2, -0.15) is 5.10 Å². The van der Waals surface area contributed by atoms with Crippen molar-refractivity contribution in [2.75, 3.05) is 49.2 Å². The summed E-state index contributed by atoms with van der Waals surface area (Å²) in [6.45, 7) is 6.59. The largest absolute Gasteiger partial charge is 0.491 e. The highest BCUT2D eigenvalue weighted by Crippen LogP contribution is 2.40. The van der Waals surface area contributed by atoms with Crippen LogP contribution in [0.15, 0.2) is 90.2 Å². The molecule has 0 bridgehead atoms. The van der Waals surface area contributed by atoms with Gasteiger partial charge in [-0.1, -0.05) is 36.2 Å². The van der Waals surface area contributed by atoms with Gasteiger partial charge in [-0.05, 0) is 60.7 Å². The van der Waals surface area contributed by atoms with Crippen LogP contribution in [0.3, 0.4) is 0 Å². The molecule has 0 radical (unpaired) electrons. The molecular formula is C34H35Cl2N7O4. The number of H-pyrrole nitrogens is 1. The Kier molecular flexibility index (Phi) is 8.96. The average molecular weight is 677 g/mol. The molecular weight excluding hydrogens is 641 g/mol. The Hall–Kier alpha value is -4.29. The van der Waals surface area contributed by atoms with Gasteiger partial charge in [0.15, 0.2) is 0 Å². The summed E-state index contributed by atoms with van der Waals surface area (Å²) in [4.78, 5) is 21.1. The summed E-state index contributed by atoms with van der Waals surface area (Å²) in [6.07, 6.45) is 5.66. The number of anilines is 2. The van der Waals surface area contributed by atoms with E-state index in [0.717, 1.165) is 54.8 Å². The summed E-state index contributed by atoms with van der Waals surface area (Å²) in [5.41, 5.74) is 3.59. The Balaban J connectivity index is 0.935. The molecule has 3 aromatic carbocycles. The summed E-state index contributed by atoms with van der Waals surface area (Å²) in [7, 11) is 0. The number of hydrogen-bond donors (Lipinski definition) is 1. The summed E-state index contributed by atoms with van der Waals surface area (Å²) in [5, 5.41) is 7.66. The number of piperazine rings is 1. The third-order valence-corrected chi connectivity index (χ3v) is 9.15. The van der Waals surface area contributed by atoms with Gasteiger partial charge in [0.2, 0.25) is 5.79 Å². The lowest BCUT2D eigenvalue weighted by atomic mass is 10.1. The number of ether oxygens (including phenoxy) is 3. The molecule has 2 aliphatic heterocycles. The SMILES string of the molecule is CCc1n[nH]c(=O)n1-c1ccc(N2CCN(c3ccc(OCC4COC(Cn5ccnc5)(c5ccc(Cl)cc5Cl)O4)cc3)CC2)cc1. The summed E-state index contributed by atoms with van der Waals surface area (Å²) < 4.78 is 22.5. The van der Waals surface area contributed by atoms with Crippen LogP contribution in [-0.2, 0) is 28.2 Å². The molecule has 0 saturated carbocycles. The minimum atomic E-state index is -1.09. The lowest BCUT2D eigenvalue weighted by Gasteiger charge is -2.37. The normalized spacial score (nSPS) is 19.8. The Morgan fingerprint density at radius 2 is 1.64 bits per heavy atom. The van der Waals surface area contributed by atoms with Crippen LogP contribution in [0.25, 0.3) is 5.69 Å². The molecule has 2 atom stereocenters. The first-order chi connectivity index (χ1) is 22.9. The molecule has 2 fully saturated rings. The fourth-order valence-electron chi connectivity index (χ4n) is 6.19. The molecule has 0 amide bonds. The van der Waals surface area contributed by atoms with Crippen molar-refractivity contribution in [1.82, 2.24) is 24.3 Å². The topological polar surface area (TPSA) is 103 Å². The number of rotatable bonds is 10. The van der Waals surface area contributed by atoms with Gasteiger partial charge < -0.3 is 28.6 Å². The van der Waals surface area contributed by atoms with Gasteiger partial charge in [0, 0.05) is 67.0 Å². The second-order valence-electron chi connectivity index (χ2n) is 11.6. The molecule has 47 heavy (non-hydrogen) atoms. The first-order valence-corrected chi connectivity index (χ1v) is 16.4. The molecule has 1 N–H and O–H groups in total. The van der Waals surface area contributed by atoms with Crippen molar-refractivity contribution in [3.63, 3.8) is 0 Å². The Bertz CT molecular complexity index is 1850. The minimum absolute atomic E-state index is 0.219. The minimum Gasteiger partial charge on any atom is -0.491 e. The van der Waals surface area contributed by atoms with Crippen LogP contribution in [0.5, 0.6) is 5.75 Å². The Morgan fingerprint density at radius 3 is 2.28 bits per heavy atom. The van der Waals surface area contributed by atoms with Crippen LogP contribution in [0.2, 0.25) is 10.0 Å². The predicted molar refractivity (Wildman–Crippen MR) is 181 cm³/mol. The van der Waals surface area contributed by atoms with E-state index in [-0.39, 0.29) is 11.8 Å². The number of aromatic amines is 1. The third kappa shape index (κ3) is 6.62. The zero-order valence-electron chi connectivity index (χ0n) is 25.9. The lowest BCUT2D eigenvalue weighted by molar-refractivity contribution is -0.189. The fourth-order valence-corrected chi connectivity index (χ4v) is 6.74. The number of benzene rings is 3. The maximum Gasteiger partial charge on any atom is 0.347 e. The van der Waals surface area contributed by atoms with Crippen molar-refractivity contribution in [3.05, 3.63) is 117 Å². The van der Waals surface area contributed by atoms with E-state index in [1.165, 1.54) is 0 Å². The van der Waals surface area contributed by atoms with Gasteiger partial charge in [0.05, 0.1) is 30.2 Å². The molecule has 11 nitrogen and oxygen atoms in total. The highest BCUT2D eigenvalue weighted by atomic mass is 35.5. The highest BCUT2D eigenvalue weighted by molar-refractivity contribution is 6.35. The van der Waals surface area contributed by atoms with E-state index in [9.17, 15) is 4.79 Å². The molecule has 5 aromatic rings. The van der Waals surface area contributed by atoms with E-state index in [2.05, 4.69) is 49.2 Å². The Morgan fingerprint density at radius 1 is 0.957 bits per heavy atom. The number of nitrogens with zero attached hydrogens (tertiary/aromatic N) is 6. The van der Waals surface area contributed by atoms with Crippen LogP contribution < -0.4 is 20.2 Å². The zero-order chi connectivity index (χ0) is 32.4. The molecule has 13 heteroatoms. The standard InChI is InChI=1S/C34H35Cl2N7O4/c1-2-32-38-39-33(44)43(32)27-6-4-25(5-7-27)41-15-17-42(18-16-41)26-8-10-28(11-9-26)45-20-29-21-46-34(47-29,22-40-14-13-37-23-40)30-12-3-24(35)19-31(30)36/h3-14,19,23,29H,2,15-18,20-22H2,1H3,(H,39,44). The lowest BCUT2D eigenvalue weighted by Crippen LogP contribution is -2.46. The average Bonchev–Trinajstić information content (AvgIpc) is 3.85. The van der Waals surface area contributed by atoms with Gasteiger partial charge in [-0.3, -0.25) is 0 Å². The van der Waals surface area contributed by atoms with Gasteiger partial charge in [-0.25, -0.2) is 19.4 Å². The number of hydrogen-bond acceptors (Lipinski definition) is 8. The molecule has 0 spiro atoms. The maximum atomic E-state index is 12.2. The van der Waals surface area contributed by atoms with Gasteiger partial charge in [0.1, 0.15) is 24.3 Å². The van der Waals surface area contributed by atoms with Crippen molar-refractivity contribution < 1.29 is 14.2 Å². The summed E-state index contributed by atoms with van der Waals surface area (Å²) in [5.74, 6) is 0.384. The van der Waals surface area contributed by atoms with Gasteiger partial charge >= 0.3 is 5.69 Å². The van der Waals surface area contributed by atoms with Crippen molar-refractivity contribution in [3.8, 4) is 11.4 Å². The van der Waals surface area contributed by atoms with Crippen LogP contribution >= 0.6 is 23.2 Å². The number of aromatic nitrogens is 5. The number of imidazole rings is 1. The molecule has 2 unspecified atom stereocenters. The van der Waals surface area contributed by atoms with Crippen LogP contribution in [-0.4, -0.2) is 69.8 Å². The number of nitrogens with one attached hydrogen (secondary N) is 1. The van der Waals surface area contributed by atoms with E-state index >= 15 is 0 Å². The molecule has 2 aliphatic rings. The number of halogens is 2. The van der Waals surface area contributed by atoms with Crippen LogP contribution in [0.1, 0.15) is 18.3 Å². The molecule has 2 saturated heterocycles. The van der Waals surface area contributed by atoms with E-state index < -0.39 is 5.79 Å². The monoisotopic (exact) mass is 675 g/mol. The molecule has 7 rings (SSSR count). The third-order valence-electron chi connectivity index (χ3n) is 8.60. The van der Waals surface area contributed by atoms with E-state index in [0.29, 0.717) is 41.8 Å². The van der Waals surface area contributed by atoms with Crippen molar-refractivity contribution >= 4 is 34.6 Å². The van der Waals surface area contributed by atoms with Crippen molar-refractivity contribution in [1.29, 1.82) is 0 Å². The van der Waals surface area contributed by atoms with Crippen molar-refractivity contribution in [2.45, 2.75) is 31.8 Å². The van der Waals surface area contributed by atoms with Gasteiger partial charge in [-0.15, -0.1) is 0 Å². The van der Waals surface area contributed by atoms with Gasteiger partial charge in [0.25, 0.3) is 0 Å². The molecule has 4 heterocycles. The van der Waals surface area contributed by atoms with Crippen LogP contribution in [0, 0.1) is 0 Å². The molecule has 0 aliphatic carbocycles. The quantitative estimate of drug-likeness (QED) is 0.213. The second-order valence-corrected chi connectivity index (χ2v) is 12.4. The highest BCUT2D eigenvalue weighted by Gasteiger charge is 2.45. The van der Waals surface area contributed by atoms with E-state index in [1.807, 2.05) is 48.0 Å². The zero-order valence-corrected chi connectivity index (χ0v) is 27.4. The maximum absolute atomic E-state index is 12.2. The van der Waals surface area contributed by atoms with Crippen LogP contribution in [0.4, 0.5) is 11.4 Å². The van der Waals surface area contributed by atoms with E-state index in [1.54, 1.807) is 29.2 Å². The fraction of sp³-hybridized carbons (Fsp3) is 0.324. The summed E-state index contributed by atoms with van der Waals surface area (Å²) in [6, 6.07) is 21.6. The Labute approximate surface area is 282 Å². The second kappa shape index (κ2) is 13.4. The number of aryl methyl sites for hydroxylation is 1. The van der Waals surface area contributed by atoms with Crippen molar-refractivity contribution in [2.24, 2.45) is 0 Å². The first-order valence-electron chi connectivity index (χ1n) is 15.6.